The molecule has 3 rings (SSSR count). The Labute approximate surface area is 126 Å². The second-order valence-electron chi connectivity index (χ2n) is 4.45. The van der Waals surface area contributed by atoms with Gasteiger partial charge in [0.05, 0.1) is 0 Å². The molecule has 0 atom stereocenters. The van der Waals surface area contributed by atoms with E-state index in [1.165, 1.54) is 23.4 Å². The highest BCUT2D eigenvalue weighted by Crippen LogP contribution is 2.20. The Hall–Kier alpha value is -2.40. The van der Waals surface area contributed by atoms with Crippen LogP contribution in [0.5, 0.6) is 0 Å². The Morgan fingerprint density at radius 2 is 2.05 bits per heavy atom. The Bertz CT molecular complexity index is 743. The van der Waals surface area contributed by atoms with Gasteiger partial charge in [0.25, 0.3) is 0 Å². The van der Waals surface area contributed by atoms with E-state index < -0.39 is 0 Å². The van der Waals surface area contributed by atoms with E-state index >= 15 is 0 Å². The van der Waals surface area contributed by atoms with E-state index in [9.17, 15) is 4.39 Å². The average Bonchev–Trinajstić information content (AvgIpc) is 3.00. The van der Waals surface area contributed by atoms with Crippen LogP contribution >= 0.6 is 11.6 Å². The molecule has 3 aromatic rings. The fourth-order valence-electron chi connectivity index (χ4n) is 1.97. The number of anilines is 1. The highest BCUT2D eigenvalue weighted by Gasteiger charge is 2.06. The van der Waals surface area contributed by atoms with Gasteiger partial charge in [-0.05, 0) is 29.8 Å². The van der Waals surface area contributed by atoms with Crippen molar-refractivity contribution in [3.8, 4) is 5.69 Å². The third-order valence-electron chi connectivity index (χ3n) is 3.05. The van der Waals surface area contributed by atoms with Crippen molar-refractivity contribution in [1.82, 2.24) is 14.8 Å². The van der Waals surface area contributed by atoms with Crippen LogP contribution in [0.15, 0.2) is 55.1 Å². The third-order valence-corrected chi connectivity index (χ3v) is 3.42. The molecule has 1 aromatic heterocycles. The van der Waals surface area contributed by atoms with E-state index in [-0.39, 0.29) is 5.82 Å². The van der Waals surface area contributed by atoms with Crippen molar-refractivity contribution in [3.05, 3.63) is 71.5 Å². The topological polar surface area (TPSA) is 42.7 Å². The van der Waals surface area contributed by atoms with Gasteiger partial charge in [0.1, 0.15) is 18.3 Å². The van der Waals surface area contributed by atoms with Crippen LogP contribution in [0.1, 0.15) is 5.56 Å². The van der Waals surface area contributed by atoms with Gasteiger partial charge in [-0.1, -0.05) is 29.8 Å². The van der Waals surface area contributed by atoms with E-state index in [1.807, 2.05) is 24.3 Å². The summed E-state index contributed by atoms with van der Waals surface area (Å²) in [6, 6.07) is 12.4. The maximum atomic E-state index is 14.1. The average molecular weight is 303 g/mol. The monoisotopic (exact) mass is 302 g/mol. The predicted molar refractivity (Wildman–Crippen MR) is 80.1 cm³/mol. The molecule has 0 saturated carbocycles. The second kappa shape index (κ2) is 5.93. The molecule has 0 aliphatic carbocycles. The van der Waals surface area contributed by atoms with Gasteiger partial charge in [0, 0.05) is 17.3 Å². The van der Waals surface area contributed by atoms with Gasteiger partial charge in [-0.15, -0.1) is 0 Å². The van der Waals surface area contributed by atoms with Crippen LogP contribution in [-0.2, 0) is 6.54 Å². The van der Waals surface area contributed by atoms with Gasteiger partial charge in [-0.3, -0.25) is 0 Å². The highest BCUT2D eigenvalue weighted by atomic mass is 35.5. The van der Waals surface area contributed by atoms with Gasteiger partial charge in [-0.25, -0.2) is 14.1 Å². The molecule has 21 heavy (non-hydrogen) atoms. The first-order chi connectivity index (χ1) is 10.2. The molecule has 1 N–H and O–H groups in total. The third kappa shape index (κ3) is 3.03. The summed E-state index contributed by atoms with van der Waals surface area (Å²) in [5, 5.41) is 7.74. The van der Waals surface area contributed by atoms with E-state index in [4.69, 9.17) is 11.6 Å². The molecule has 106 valence electrons. The fraction of sp³-hybridized carbons (Fsp3) is 0.0667. The molecule has 0 aliphatic heterocycles. The Balaban J connectivity index is 1.76. The Morgan fingerprint density at radius 1 is 1.19 bits per heavy atom. The van der Waals surface area contributed by atoms with E-state index in [1.54, 1.807) is 12.1 Å². The SMILES string of the molecule is Fc1cc(NCc2ccccc2Cl)ccc1-n1cncn1. The standard InChI is InChI=1S/C15H12ClFN4/c16-13-4-2-1-3-11(13)8-19-12-5-6-15(14(17)7-12)21-10-18-9-20-21/h1-7,9-10,19H,8H2. The van der Waals surface area contributed by atoms with Crippen molar-refractivity contribution in [2.24, 2.45) is 0 Å². The maximum absolute atomic E-state index is 14.1. The molecule has 0 bridgehead atoms. The second-order valence-corrected chi connectivity index (χ2v) is 4.86. The van der Waals surface area contributed by atoms with E-state index in [0.717, 1.165) is 5.56 Å². The summed E-state index contributed by atoms with van der Waals surface area (Å²) in [6.07, 6.45) is 2.82. The minimum absolute atomic E-state index is 0.357. The van der Waals surface area contributed by atoms with Crippen molar-refractivity contribution in [2.75, 3.05) is 5.32 Å². The van der Waals surface area contributed by atoms with Crippen LogP contribution in [0.4, 0.5) is 10.1 Å². The zero-order chi connectivity index (χ0) is 14.7. The summed E-state index contributed by atoms with van der Waals surface area (Å²) in [5.74, 6) is -0.371. The van der Waals surface area contributed by atoms with Crippen molar-refractivity contribution in [3.63, 3.8) is 0 Å². The summed E-state index contributed by atoms with van der Waals surface area (Å²) in [4.78, 5) is 3.80. The minimum atomic E-state index is -0.371. The lowest BCUT2D eigenvalue weighted by Gasteiger charge is -2.09. The van der Waals surface area contributed by atoms with E-state index in [2.05, 4.69) is 15.4 Å². The zero-order valence-corrected chi connectivity index (χ0v) is 11.8. The van der Waals surface area contributed by atoms with Gasteiger partial charge in [-0.2, -0.15) is 5.10 Å². The number of hydrogen-bond acceptors (Lipinski definition) is 3. The molecule has 0 saturated heterocycles. The molecular weight excluding hydrogens is 291 g/mol. The van der Waals surface area contributed by atoms with Crippen molar-refractivity contribution in [1.29, 1.82) is 0 Å². The number of nitrogens with one attached hydrogen (secondary N) is 1. The number of hydrogen-bond donors (Lipinski definition) is 1. The fourth-order valence-corrected chi connectivity index (χ4v) is 2.18. The first-order valence-electron chi connectivity index (χ1n) is 6.36. The van der Waals surface area contributed by atoms with Gasteiger partial charge < -0.3 is 5.32 Å². The molecule has 0 spiro atoms. The van der Waals surface area contributed by atoms with Crippen molar-refractivity contribution in [2.45, 2.75) is 6.54 Å². The van der Waals surface area contributed by atoms with Gasteiger partial charge in [0.15, 0.2) is 5.82 Å². The lowest BCUT2D eigenvalue weighted by Crippen LogP contribution is -2.03. The van der Waals surface area contributed by atoms with Gasteiger partial charge in [0.2, 0.25) is 0 Å². The van der Waals surface area contributed by atoms with Crippen LogP contribution in [0, 0.1) is 5.82 Å². The predicted octanol–water partition coefficient (Wildman–Crippen LogP) is 3.67. The molecule has 0 aliphatic rings. The van der Waals surface area contributed by atoms with E-state index in [0.29, 0.717) is 22.9 Å². The van der Waals surface area contributed by atoms with Crippen LogP contribution < -0.4 is 5.32 Å². The highest BCUT2D eigenvalue weighted by molar-refractivity contribution is 6.31. The zero-order valence-electron chi connectivity index (χ0n) is 11.0. The number of halogens is 2. The molecule has 0 unspecified atom stereocenters. The summed E-state index contributed by atoms with van der Waals surface area (Å²) >= 11 is 6.08. The Morgan fingerprint density at radius 3 is 2.76 bits per heavy atom. The first-order valence-corrected chi connectivity index (χ1v) is 6.73. The molecule has 0 fully saturated rings. The van der Waals surface area contributed by atoms with Crippen LogP contribution in [0.3, 0.4) is 0 Å². The minimum Gasteiger partial charge on any atom is -0.381 e. The first kappa shape index (κ1) is 13.6. The largest absolute Gasteiger partial charge is 0.381 e. The van der Waals surface area contributed by atoms with Crippen LogP contribution in [0.2, 0.25) is 5.02 Å². The Kier molecular flexibility index (Phi) is 3.83. The van der Waals surface area contributed by atoms with Gasteiger partial charge >= 0.3 is 0 Å². The normalized spacial score (nSPS) is 10.6. The maximum Gasteiger partial charge on any atom is 0.150 e. The van der Waals surface area contributed by atoms with Crippen LogP contribution in [0.25, 0.3) is 5.69 Å². The molecule has 1 heterocycles. The number of aromatic nitrogens is 3. The summed E-state index contributed by atoms with van der Waals surface area (Å²) in [6.45, 7) is 0.530. The lowest BCUT2D eigenvalue weighted by molar-refractivity contribution is 0.611. The molecular formula is C15H12ClFN4. The quantitative estimate of drug-likeness (QED) is 0.799. The van der Waals surface area contributed by atoms with Crippen molar-refractivity contribution < 1.29 is 4.39 Å². The summed E-state index contributed by atoms with van der Waals surface area (Å²) in [7, 11) is 0. The van der Waals surface area contributed by atoms with Crippen LogP contribution in [-0.4, -0.2) is 14.8 Å². The number of rotatable bonds is 4. The number of benzene rings is 2. The summed E-state index contributed by atoms with van der Waals surface area (Å²) in [5.41, 5.74) is 1.99. The molecule has 0 radical (unpaired) electrons. The molecule has 4 nitrogen and oxygen atoms in total. The smallest absolute Gasteiger partial charge is 0.150 e. The molecule has 0 amide bonds. The summed E-state index contributed by atoms with van der Waals surface area (Å²) < 4.78 is 15.4. The molecule has 2 aromatic carbocycles. The van der Waals surface area contributed by atoms with Crippen molar-refractivity contribution >= 4 is 17.3 Å². The lowest BCUT2D eigenvalue weighted by atomic mass is 10.2. The molecule has 6 heteroatoms. The number of nitrogens with zero attached hydrogens (tertiary/aromatic N) is 3.